The molecule has 2 aromatic carbocycles. The fraction of sp³-hybridized carbons (Fsp3) is 0.200. The summed E-state index contributed by atoms with van der Waals surface area (Å²) in [6.07, 6.45) is 0. The predicted octanol–water partition coefficient (Wildman–Crippen LogP) is 5.10. The lowest BCUT2D eigenvalue weighted by atomic mass is 10.1. The average Bonchev–Trinajstić information content (AvgIpc) is 3.11. The molecule has 2 heterocycles. The van der Waals surface area contributed by atoms with Gasteiger partial charge in [0.2, 0.25) is 4.80 Å². The Morgan fingerprint density at radius 2 is 1.86 bits per heavy atom. The molecule has 0 saturated carbocycles. The molecule has 28 heavy (non-hydrogen) atoms. The lowest BCUT2D eigenvalue weighted by Gasteiger charge is -2.18. The first-order valence-corrected chi connectivity index (χ1v) is 10.2. The molecular weight excluding hydrogens is 417 g/mol. The molecule has 3 aromatic rings. The molecule has 0 atom stereocenters. The van der Waals surface area contributed by atoms with Crippen LogP contribution in [0.25, 0.3) is 11.3 Å². The third-order valence-corrected chi connectivity index (χ3v) is 5.76. The lowest BCUT2D eigenvalue weighted by Crippen LogP contribution is -2.16. The third-order valence-electron chi connectivity index (χ3n) is 4.29. The molecule has 1 aliphatic rings. The minimum Gasteiger partial charge on any atom is -0.486 e. The number of aromatic nitrogens is 1. The monoisotopic (exact) mass is 433 g/mol. The van der Waals surface area contributed by atoms with Crippen LogP contribution in [0.4, 0.5) is 0 Å². The van der Waals surface area contributed by atoms with Gasteiger partial charge in [-0.2, -0.15) is 5.10 Å². The maximum Gasteiger partial charge on any atom is 0.205 e. The molecule has 0 amide bonds. The van der Waals surface area contributed by atoms with Crippen molar-refractivity contribution >= 4 is 40.3 Å². The zero-order valence-corrected chi connectivity index (χ0v) is 17.6. The Bertz CT molecular complexity index is 1130. The second kappa shape index (κ2) is 7.99. The van der Waals surface area contributed by atoms with Crippen molar-refractivity contribution < 1.29 is 9.47 Å². The number of rotatable bonds is 3. The number of thiazole rings is 1. The molecule has 0 radical (unpaired) electrons. The van der Waals surface area contributed by atoms with Gasteiger partial charge in [0.25, 0.3) is 0 Å². The summed E-state index contributed by atoms with van der Waals surface area (Å²) in [5.41, 5.74) is 3.38. The van der Waals surface area contributed by atoms with Crippen LogP contribution in [-0.4, -0.2) is 30.6 Å². The van der Waals surface area contributed by atoms with Gasteiger partial charge in [0.05, 0.1) is 16.4 Å². The number of benzene rings is 2. The Hall–Kier alpha value is -2.28. The number of nitrogens with zero attached hydrogens (tertiary/aromatic N) is 3. The molecular formula is C20H17Cl2N3O2S. The van der Waals surface area contributed by atoms with Crippen molar-refractivity contribution in [2.24, 2.45) is 10.1 Å². The minimum absolute atomic E-state index is 0.544. The van der Waals surface area contributed by atoms with E-state index in [-0.39, 0.29) is 0 Å². The minimum atomic E-state index is 0.544. The van der Waals surface area contributed by atoms with Gasteiger partial charge in [0.15, 0.2) is 11.5 Å². The van der Waals surface area contributed by atoms with Crippen molar-refractivity contribution in [2.45, 2.75) is 6.92 Å². The van der Waals surface area contributed by atoms with E-state index in [0.29, 0.717) is 23.3 Å². The van der Waals surface area contributed by atoms with Crippen molar-refractivity contribution in [1.82, 2.24) is 4.68 Å². The highest BCUT2D eigenvalue weighted by Gasteiger charge is 2.15. The van der Waals surface area contributed by atoms with Gasteiger partial charge < -0.3 is 9.47 Å². The smallest absolute Gasteiger partial charge is 0.205 e. The number of hydrogen-bond acceptors (Lipinski definition) is 5. The number of hydrogen-bond donors (Lipinski definition) is 0. The molecule has 144 valence electrons. The van der Waals surface area contributed by atoms with Crippen LogP contribution in [0, 0.1) is 0 Å². The molecule has 4 rings (SSSR count). The molecule has 0 aliphatic carbocycles. The molecule has 0 fully saturated rings. The highest BCUT2D eigenvalue weighted by molar-refractivity contribution is 7.07. The Morgan fingerprint density at radius 3 is 2.64 bits per heavy atom. The Kier molecular flexibility index (Phi) is 5.44. The van der Waals surface area contributed by atoms with Crippen LogP contribution >= 0.6 is 34.5 Å². The van der Waals surface area contributed by atoms with E-state index < -0.39 is 0 Å². The van der Waals surface area contributed by atoms with E-state index in [1.807, 2.05) is 36.6 Å². The summed E-state index contributed by atoms with van der Waals surface area (Å²) in [6.45, 7) is 3.05. The normalized spacial score (nSPS) is 14.4. The van der Waals surface area contributed by atoms with Crippen LogP contribution in [0.2, 0.25) is 10.0 Å². The SMILES string of the molecule is CN=c1scc(-c2cc(Cl)ccc2Cl)n1N=C(C)c1ccc2c(c1)OCCO2. The van der Waals surface area contributed by atoms with Crippen LogP contribution in [0.1, 0.15) is 12.5 Å². The maximum atomic E-state index is 6.41. The second-order valence-electron chi connectivity index (χ2n) is 6.11. The summed E-state index contributed by atoms with van der Waals surface area (Å²) in [7, 11) is 1.74. The molecule has 5 nitrogen and oxygen atoms in total. The maximum absolute atomic E-state index is 6.41. The molecule has 8 heteroatoms. The van der Waals surface area contributed by atoms with E-state index in [0.717, 1.165) is 38.8 Å². The van der Waals surface area contributed by atoms with E-state index >= 15 is 0 Å². The van der Waals surface area contributed by atoms with Gasteiger partial charge >= 0.3 is 0 Å². The van der Waals surface area contributed by atoms with Gasteiger partial charge in [-0.25, -0.2) is 4.68 Å². The van der Waals surface area contributed by atoms with E-state index in [2.05, 4.69) is 4.99 Å². The van der Waals surface area contributed by atoms with Crippen molar-refractivity contribution in [2.75, 3.05) is 20.3 Å². The van der Waals surface area contributed by atoms with Crippen molar-refractivity contribution in [3.8, 4) is 22.8 Å². The molecule has 0 unspecified atom stereocenters. The van der Waals surface area contributed by atoms with Crippen LogP contribution in [0.15, 0.2) is 51.9 Å². The molecule has 0 spiro atoms. The quantitative estimate of drug-likeness (QED) is 0.539. The van der Waals surface area contributed by atoms with Gasteiger partial charge in [0.1, 0.15) is 13.2 Å². The fourth-order valence-corrected chi connectivity index (χ4v) is 4.08. The predicted molar refractivity (Wildman–Crippen MR) is 114 cm³/mol. The van der Waals surface area contributed by atoms with Crippen LogP contribution in [0.5, 0.6) is 11.5 Å². The summed E-state index contributed by atoms with van der Waals surface area (Å²) in [4.78, 5) is 5.09. The first-order chi connectivity index (χ1) is 13.6. The first kappa shape index (κ1) is 19.1. The second-order valence-corrected chi connectivity index (χ2v) is 7.79. The van der Waals surface area contributed by atoms with E-state index in [9.17, 15) is 0 Å². The van der Waals surface area contributed by atoms with E-state index in [4.69, 9.17) is 37.8 Å². The molecule has 0 bridgehead atoms. The summed E-state index contributed by atoms with van der Waals surface area (Å²) < 4.78 is 13.1. The van der Waals surface area contributed by atoms with Crippen LogP contribution in [0.3, 0.4) is 0 Å². The van der Waals surface area contributed by atoms with E-state index in [1.165, 1.54) is 11.3 Å². The zero-order valence-electron chi connectivity index (χ0n) is 15.3. The Balaban J connectivity index is 1.81. The highest BCUT2D eigenvalue weighted by Crippen LogP contribution is 2.32. The zero-order chi connectivity index (χ0) is 19.7. The summed E-state index contributed by atoms with van der Waals surface area (Å²) in [5.74, 6) is 1.48. The highest BCUT2D eigenvalue weighted by atomic mass is 35.5. The van der Waals surface area contributed by atoms with Gasteiger partial charge in [0, 0.05) is 28.6 Å². The standard InChI is InChI=1S/C20H17Cl2N3O2S/c1-12(13-3-6-18-19(9-13)27-8-7-26-18)24-25-17(11-28-20(25)23-2)15-10-14(21)4-5-16(15)22/h3-6,9-11H,7-8H2,1-2H3. The van der Waals surface area contributed by atoms with Gasteiger partial charge in [-0.05, 0) is 43.3 Å². The Labute approximate surface area is 176 Å². The van der Waals surface area contributed by atoms with Crippen LogP contribution in [-0.2, 0) is 0 Å². The molecule has 0 saturated heterocycles. The number of halogens is 2. The van der Waals surface area contributed by atoms with Crippen LogP contribution < -0.4 is 14.3 Å². The Morgan fingerprint density at radius 1 is 1.07 bits per heavy atom. The van der Waals surface area contributed by atoms with Gasteiger partial charge in [-0.1, -0.05) is 23.2 Å². The van der Waals surface area contributed by atoms with Crippen molar-refractivity contribution in [1.29, 1.82) is 0 Å². The first-order valence-electron chi connectivity index (χ1n) is 8.61. The topological polar surface area (TPSA) is 48.1 Å². The summed E-state index contributed by atoms with van der Waals surface area (Å²) in [5, 5.41) is 7.99. The summed E-state index contributed by atoms with van der Waals surface area (Å²) >= 11 is 14.1. The lowest BCUT2D eigenvalue weighted by molar-refractivity contribution is 0.171. The van der Waals surface area contributed by atoms with Gasteiger partial charge in [-0.3, -0.25) is 4.99 Å². The van der Waals surface area contributed by atoms with E-state index in [1.54, 1.807) is 23.9 Å². The number of ether oxygens (including phenoxy) is 2. The molecule has 0 N–H and O–H groups in total. The van der Waals surface area contributed by atoms with Crippen molar-refractivity contribution in [3.05, 3.63) is 62.2 Å². The van der Waals surface area contributed by atoms with Gasteiger partial charge in [-0.15, -0.1) is 11.3 Å². The molecule has 1 aliphatic heterocycles. The molecule has 1 aromatic heterocycles. The summed E-state index contributed by atoms with van der Waals surface area (Å²) in [6, 6.07) is 11.2. The average molecular weight is 434 g/mol. The largest absolute Gasteiger partial charge is 0.486 e. The fourth-order valence-electron chi connectivity index (χ4n) is 2.90. The number of fused-ring (bicyclic) bond motifs is 1. The van der Waals surface area contributed by atoms with Crippen molar-refractivity contribution in [3.63, 3.8) is 0 Å². The third kappa shape index (κ3) is 3.68.